The lowest BCUT2D eigenvalue weighted by Gasteiger charge is -2.18. The van der Waals surface area contributed by atoms with Gasteiger partial charge in [0.2, 0.25) is 0 Å². The van der Waals surface area contributed by atoms with Gasteiger partial charge in [-0.3, -0.25) is 4.79 Å². The first-order valence-electron chi connectivity index (χ1n) is 6.12. The molecule has 0 aliphatic heterocycles. The van der Waals surface area contributed by atoms with Gasteiger partial charge in [0.15, 0.2) is 0 Å². The zero-order chi connectivity index (χ0) is 13.4. The number of hydrogen-bond donors (Lipinski definition) is 2. The van der Waals surface area contributed by atoms with Crippen LogP contribution in [0.2, 0.25) is 0 Å². The third kappa shape index (κ3) is 4.99. The highest BCUT2D eigenvalue weighted by molar-refractivity contribution is 5.67. The minimum atomic E-state index is -0.822. The first-order valence-corrected chi connectivity index (χ1v) is 6.12. The third-order valence-electron chi connectivity index (χ3n) is 2.54. The maximum atomic E-state index is 10.4. The lowest BCUT2D eigenvalue weighted by molar-refractivity contribution is -0.136. The average Bonchev–Trinajstić information content (AvgIpc) is 2.36. The number of carbonyl (C=O) groups is 1. The standard InChI is InChI=1S/C12H20N4O2/c1-3-4-7-16(2)11-8-10(14-9-15-11)13-6-5-12(17)18/h8-9H,3-7H2,1-2H3,(H,17,18)(H,13,14,15). The van der Waals surface area contributed by atoms with Crippen LogP contribution in [0.25, 0.3) is 0 Å². The van der Waals surface area contributed by atoms with Crippen LogP contribution in [0.15, 0.2) is 12.4 Å². The Hall–Kier alpha value is -1.85. The molecule has 0 saturated carbocycles. The molecule has 0 saturated heterocycles. The van der Waals surface area contributed by atoms with E-state index < -0.39 is 5.97 Å². The summed E-state index contributed by atoms with van der Waals surface area (Å²) < 4.78 is 0. The SMILES string of the molecule is CCCCN(C)c1cc(NCCC(=O)O)ncn1. The average molecular weight is 252 g/mol. The lowest BCUT2D eigenvalue weighted by atomic mass is 10.3. The number of hydrogen-bond acceptors (Lipinski definition) is 5. The maximum Gasteiger partial charge on any atom is 0.305 e. The van der Waals surface area contributed by atoms with E-state index in [1.165, 1.54) is 6.33 Å². The van der Waals surface area contributed by atoms with Crippen LogP contribution in [0.5, 0.6) is 0 Å². The van der Waals surface area contributed by atoms with Crippen molar-refractivity contribution in [1.82, 2.24) is 9.97 Å². The Balaban J connectivity index is 2.53. The molecule has 18 heavy (non-hydrogen) atoms. The molecule has 6 heteroatoms. The highest BCUT2D eigenvalue weighted by Crippen LogP contribution is 2.13. The first-order chi connectivity index (χ1) is 8.63. The van der Waals surface area contributed by atoms with E-state index in [2.05, 4.69) is 27.1 Å². The Morgan fingerprint density at radius 3 is 2.94 bits per heavy atom. The fourth-order valence-corrected chi connectivity index (χ4v) is 1.46. The van der Waals surface area contributed by atoms with Crippen molar-refractivity contribution in [3.8, 4) is 0 Å². The van der Waals surface area contributed by atoms with Crippen LogP contribution < -0.4 is 10.2 Å². The number of rotatable bonds is 8. The number of carboxylic acids is 1. The highest BCUT2D eigenvalue weighted by Gasteiger charge is 2.04. The van der Waals surface area contributed by atoms with Gasteiger partial charge in [-0.1, -0.05) is 13.3 Å². The van der Waals surface area contributed by atoms with E-state index in [1.54, 1.807) is 0 Å². The van der Waals surface area contributed by atoms with E-state index in [0.29, 0.717) is 12.4 Å². The lowest BCUT2D eigenvalue weighted by Crippen LogP contribution is -2.20. The second-order valence-electron chi connectivity index (χ2n) is 4.11. The second-order valence-corrected chi connectivity index (χ2v) is 4.11. The zero-order valence-electron chi connectivity index (χ0n) is 10.9. The van der Waals surface area contributed by atoms with Gasteiger partial charge in [0.25, 0.3) is 0 Å². The van der Waals surface area contributed by atoms with Crippen molar-refractivity contribution in [2.45, 2.75) is 26.2 Å². The maximum absolute atomic E-state index is 10.4. The van der Waals surface area contributed by atoms with Gasteiger partial charge in [-0.25, -0.2) is 9.97 Å². The van der Waals surface area contributed by atoms with Gasteiger partial charge in [-0.2, -0.15) is 0 Å². The Bertz CT molecular complexity index is 384. The zero-order valence-corrected chi connectivity index (χ0v) is 10.9. The molecule has 0 amide bonds. The number of anilines is 2. The molecule has 2 N–H and O–H groups in total. The van der Waals surface area contributed by atoms with Gasteiger partial charge >= 0.3 is 5.97 Å². The van der Waals surface area contributed by atoms with Crippen LogP contribution in [-0.4, -0.2) is 41.2 Å². The minimum Gasteiger partial charge on any atom is -0.481 e. The summed E-state index contributed by atoms with van der Waals surface area (Å²) in [7, 11) is 1.99. The van der Waals surface area contributed by atoms with Crippen LogP contribution >= 0.6 is 0 Å². The molecular formula is C12H20N4O2. The van der Waals surface area contributed by atoms with E-state index in [4.69, 9.17) is 5.11 Å². The topological polar surface area (TPSA) is 78.4 Å². The van der Waals surface area contributed by atoms with Crippen LogP contribution in [0.3, 0.4) is 0 Å². The Labute approximate surface area is 107 Å². The Morgan fingerprint density at radius 2 is 2.28 bits per heavy atom. The molecule has 100 valence electrons. The summed E-state index contributed by atoms with van der Waals surface area (Å²) in [6.07, 6.45) is 3.81. The van der Waals surface area contributed by atoms with E-state index in [9.17, 15) is 4.79 Å². The predicted octanol–water partition coefficient (Wildman–Crippen LogP) is 1.60. The molecule has 0 aliphatic rings. The molecule has 1 aromatic heterocycles. The van der Waals surface area contributed by atoms with E-state index in [-0.39, 0.29) is 6.42 Å². The van der Waals surface area contributed by atoms with Gasteiger partial charge in [0.1, 0.15) is 18.0 Å². The van der Waals surface area contributed by atoms with Gasteiger partial charge in [-0.05, 0) is 6.42 Å². The van der Waals surface area contributed by atoms with E-state index >= 15 is 0 Å². The summed E-state index contributed by atoms with van der Waals surface area (Å²) >= 11 is 0. The molecule has 0 radical (unpaired) electrons. The van der Waals surface area contributed by atoms with Crippen LogP contribution in [0.4, 0.5) is 11.6 Å². The second kappa shape index (κ2) is 7.47. The quantitative estimate of drug-likeness (QED) is 0.731. The van der Waals surface area contributed by atoms with Crippen molar-refractivity contribution in [3.05, 3.63) is 12.4 Å². The van der Waals surface area contributed by atoms with Gasteiger partial charge in [0.05, 0.1) is 6.42 Å². The van der Waals surface area contributed by atoms with Crippen molar-refractivity contribution in [1.29, 1.82) is 0 Å². The highest BCUT2D eigenvalue weighted by atomic mass is 16.4. The number of aromatic nitrogens is 2. The molecule has 0 fully saturated rings. The van der Waals surface area contributed by atoms with Crippen molar-refractivity contribution < 1.29 is 9.90 Å². The number of unbranched alkanes of at least 4 members (excludes halogenated alkanes) is 1. The summed E-state index contributed by atoms with van der Waals surface area (Å²) in [6, 6.07) is 1.83. The molecule has 1 heterocycles. The Kier molecular flexibility index (Phi) is 5.90. The van der Waals surface area contributed by atoms with Crippen molar-refractivity contribution in [2.24, 2.45) is 0 Å². The van der Waals surface area contributed by atoms with Crippen molar-refractivity contribution in [2.75, 3.05) is 30.4 Å². The van der Waals surface area contributed by atoms with E-state index in [0.717, 1.165) is 25.2 Å². The summed E-state index contributed by atoms with van der Waals surface area (Å²) in [6.45, 7) is 3.46. The number of nitrogens with one attached hydrogen (secondary N) is 1. The molecule has 1 rings (SSSR count). The largest absolute Gasteiger partial charge is 0.481 e. The molecule has 0 aromatic carbocycles. The van der Waals surface area contributed by atoms with Crippen LogP contribution in [0.1, 0.15) is 26.2 Å². The van der Waals surface area contributed by atoms with E-state index in [1.807, 2.05) is 13.1 Å². The molecular weight excluding hydrogens is 232 g/mol. The first kappa shape index (κ1) is 14.2. The smallest absolute Gasteiger partial charge is 0.305 e. The summed E-state index contributed by atoms with van der Waals surface area (Å²) in [5, 5.41) is 11.5. The molecule has 0 spiro atoms. The molecule has 1 aromatic rings. The minimum absolute atomic E-state index is 0.0744. The van der Waals surface area contributed by atoms with Gasteiger partial charge in [-0.15, -0.1) is 0 Å². The van der Waals surface area contributed by atoms with Gasteiger partial charge < -0.3 is 15.3 Å². The fraction of sp³-hybridized carbons (Fsp3) is 0.583. The molecule has 0 bridgehead atoms. The molecule has 0 aliphatic carbocycles. The number of nitrogens with zero attached hydrogens (tertiary/aromatic N) is 3. The predicted molar refractivity (Wildman–Crippen MR) is 71.0 cm³/mol. The number of aliphatic carboxylic acids is 1. The van der Waals surface area contributed by atoms with Crippen LogP contribution in [-0.2, 0) is 4.79 Å². The molecule has 0 atom stereocenters. The third-order valence-corrected chi connectivity index (χ3v) is 2.54. The Morgan fingerprint density at radius 1 is 1.50 bits per heavy atom. The van der Waals surface area contributed by atoms with Crippen molar-refractivity contribution >= 4 is 17.6 Å². The summed E-state index contributed by atoms with van der Waals surface area (Å²) in [5.74, 6) is 0.678. The van der Waals surface area contributed by atoms with Crippen LogP contribution in [0, 0.1) is 0 Å². The summed E-state index contributed by atoms with van der Waals surface area (Å²) in [4.78, 5) is 20.7. The molecule has 6 nitrogen and oxygen atoms in total. The monoisotopic (exact) mass is 252 g/mol. The van der Waals surface area contributed by atoms with Crippen molar-refractivity contribution in [3.63, 3.8) is 0 Å². The normalized spacial score (nSPS) is 10.1. The molecule has 0 unspecified atom stereocenters. The number of carboxylic acid groups (broad SMARTS) is 1. The van der Waals surface area contributed by atoms with Gasteiger partial charge in [0, 0.05) is 26.2 Å². The fourth-order valence-electron chi connectivity index (χ4n) is 1.46. The summed E-state index contributed by atoms with van der Waals surface area (Å²) in [5.41, 5.74) is 0.